The Balaban J connectivity index is 1.37. The molecule has 5 aliphatic rings. The third-order valence-corrected chi connectivity index (χ3v) is 13.8. The number of aliphatic hydroxyl groups excluding tert-OH is 1. The molecule has 3 saturated heterocycles. The van der Waals surface area contributed by atoms with Crippen molar-refractivity contribution in [2.24, 2.45) is 5.92 Å². The number of hydrogen-bond acceptors (Lipinski definition) is 10. The maximum absolute atomic E-state index is 16.6. The van der Waals surface area contributed by atoms with Crippen molar-refractivity contribution in [3.63, 3.8) is 0 Å². The van der Waals surface area contributed by atoms with E-state index in [1.807, 2.05) is 94.7 Å². The fourth-order valence-electron chi connectivity index (χ4n) is 11.0. The predicted molar refractivity (Wildman–Crippen MR) is 247 cm³/mol. The summed E-state index contributed by atoms with van der Waals surface area (Å²) < 4.78 is 24.0. The highest BCUT2D eigenvalue weighted by Crippen LogP contribution is 2.67. The average Bonchev–Trinajstić information content (AvgIpc) is 3.79. The number of fused-ring (bicyclic) bond motifs is 3. The van der Waals surface area contributed by atoms with Gasteiger partial charge < -0.3 is 29.0 Å². The summed E-state index contributed by atoms with van der Waals surface area (Å²) >= 11 is 0. The molecule has 9 rings (SSSR count). The van der Waals surface area contributed by atoms with Gasteiger partial charge in [0, 0.05) is 31.3 Å². The molecule has 12 heteroatoms. The largest absolute Gasteiger partial charge is 0.491 e. The molecule has 1 spiro atoms. The number of allylic oxidation sites excluding steroid dienone is 2. The Kier molecular flexibility index (Phi) is 13.7. The lowest BCUT2D eigenvalue weighted by atomic mass is 9.64. The van der Waals surface area contributed by atoms with Crippen molar-refractivity contribution < 1.29 is 43.2 Å². The molecule has 0 bridgehead atoms. The van der Waals surface area contributed by atoms with E-state index in [0.29, 0.717) is 35.5 Å². The van der Waals surface area contributed by atoms with Crippen LogP contribution in [0.15, 0.2) is 115 Å². The number of amides is 3. The van der Waals surface area contributed by atoms with Crippen LogP contribution in [-0.4, -0.2) is 91.5 Å². The molecular weight excluding hydrogens is 835 g/mol. The van der Waals surface area contributed by atoms with Gasteiger partial charge in [-0.3, -0.25) is 19.3 Å². The monoisotopic (exact) mass is 891 g/mol. The quantitative estimate of drug-likeness (QED) is 0.0945. The zero-order valence-electron chi connectivity index (χ0n) is 37.4. The summed E-state index contributed by atoms with van der Waals surface area (Å²) in [6.45, 7) is 0.480. The first-order valence-electron chi connectivity index (χ1n) is 23.4. The number of rotatable bonds is 10. The van der Waals surface area contributed by atoms with E-state index >= 15 is 14.4 Å². The summed E-state index contributed by atoms with van der Waals surface area (Å²) in [7, 11) is 1.49. The van der Waals surface area contributed by atoms with Crippen LogP contribution in [-0.2, 0) is 34.0 Å². The number of cyclic esters (lactones) is 1. The molecule has 3 fully saturated rings. The van der Waals surface area contributed by atoms with Crippen molar-refractivity contribution in [2.75, 3.05) is 51.5 Å². The summed E-state index contributed by atoms with van der Waals surface area (Å²) in [6, 6.07) is 28.6. The molecule has 1 N–H and O–H groups in total. The molecule has 6 atom stereocenters. The number of aliphatic hydroxyl groups is 1. The van der Waals surface area contributed by atoms with Gasteiger partial charge in [0.05, 0.1) is 36.9 Å². The van der Waals surface area contributed by atoms with Gasteiger partial charge in [-0.15, -0.1) is 0 Å². The highest BCUT2D eigenvalue weighted by atomic mass is 16.6. The number of benzene rings is 4. The number of anilines is 1. The number of ether oxygens (including phenoxy) is 4. The van der Waals surface area contributed by atoms with Crippen LogP contribution in [0.3, 0.4) is 0 Å². The van der Waals surface area contributed by atoms with E-state index in [0.717, 1.165) is 79.4 Å². The zero-order chi connectivity index (χ0) is 45.6. The van der Waals surface area contributed by atoms with Gasteiger partial charge in [-0.1, -0.05) is 116 Å². The van der Waals surface area contributed by atoms with Crippen LogP contribution in [0.2, 0.25) is 0 Å². The van der Waals surface area contributed by atoms with Gasteiger partial charge in [0.1, 0.15) is 36.5 Å². The van der Waals surface area contributed by atoms with Gasteiger partial charge in [-0.25, -0.2) is 9.69 Å². The smallest absolute Gasteiger partial charge is 0.421 e. The highest BCUT2D eigenvalue weighted by molar-refractivity contribution is 6.23. The zero-order valence-corrected chi connectivity index (χ0v) is 37.4. The number of methoxy groups -OCH3 is 1. The van der Waals surface area contributed by atoms with E-state index in [2.05, 4.69) is 17.9 Å². The highest BCUT2D eigenvalue weighted by Gasteiger charge is 2.76. The lowest BCUT2D eigenvalue weighted by Gasteiger charge is -2.46. The number of likely N-dealkylation sites (tertiary alicyclic amines) is 1. The first-order chi connectivity index (χ1) is 32.4. The molecule has 4 aromatic rings. The maximum Gasteiger partial charge on any atom is 0.421 e. The fourth-order valence-corrected chi connectivity index (χ4v) is 11.0. The Morgan fingerprint density at radius 3 is 2.21 bits per heavy atom. The molecule has 0 saturated carbocycles. The van der Waals surface area contributed by atoms with Crippen LogP contribution in [0.4, 0.5) is 10.5 Å². The van der Waals surface area contributed by atoms with Crippen LogP contribution in [0.5, 0.6) is 5.75 Å². The molecule has 3 amide bonds. The first-order valence-corrected chi connectivity index (χ1v) is 23.4. The maximum atomic E-state index is 16.6. The van der Waals surface area contributed by atoms with Gasteiger partial charge in [0.25, 0.3) is 0 Å². The minimum atomic E-state index is -1.97. The third kappa shape index (κ3) is 8.29. The molecule has 4 aliphatic heterocycles. The minimum Gasteiger partial charge on any atom is -0.491 e. The average molecular weight is 892 g/mol. The number of imide groups is 1. The van der Waals surface area contributed by atoms with Crippen LogP contribution in [0, 0.1) is 17.8 Å². The van der Waals surface area contributed by atoms with Gasteiger partial charge in [-0.2, -0.15) is 0 Å². The van der Waals surface area contributed by atoms with Crippen molar-refractivity contribution in [3.8, 4) is 17.6 Å². The number of esters is 1. The van der Waals surface area contributed by atoms with Crippen molar-refractivity contribution in [1.29, 1.82) is 0 Å². The SMILES string of the molecule is COCCOC(=O)N1C(=O)[C@@]2(c3cc(C#CC4=CCCCC4)ccc31)[C@H](C(=O)N1CCCCCCC1)[C@H]1C(=O)O[C@H](c3ccccc3)[C@H](c3ccccc3)N1[C@@H]2c1ccccc1OCCO. The van der Waals surface area contributed by atoms with E-state index in [-0.39, 0.29) is 38.0 Å². The molecule has 12 nitrogen and oxygen atoms in total. The van der Waals surface area contributed by atoms with Crippen molar-refractivity contribution in [1.82, 2.24) is 9.80 Å². The van der Waals surface area contributed by atoms with Crippen molar-refractivity contribution in [3.05, 3.63) is 143 Å². The van der Waals surface area contributed by atoms with Crippen molar-refractivity contribution >= 4 is 29.6 Å². The number of nitrogens with zero attached hydrogens (tertiary/aromatic N) is 3. The molecule has 0 unspecified atom stereocenters. The number of carbonyl (C=O) groups excluding carboxylic acids is 4. The lowest BCUT2D eigenvalue weighted by Crippen LogP contribution is -2.56. The number of para-hydroxylation sites is 1. The molecule has 4 aromatic carbocycles. The van der Waals surface area contributed by atoms with E-state index < -0.39 is 53.5 Å². The number of hydrogen-bond donors (Lipinski definition) is 1. The topological polar surface area (TPSA) is 135 Å². The molecule has 66 heavy (non-hydrogen) atoms. The molecule has 0 aromatic heterocycles. The second kappa shape index (κ2) is 20.1. The minimum absolute atomic E-state index is 0.0643. The van der Waals surface area contributed by atoms with Gasteiger partial charge in [-0.05, 0) is 85.1 Å². The number of morpholine rings is 1. The van der Waals surface area contributed by atoms with Crippen LogP contribution in [0.25, 0.3) is 0 Å². The summed E-state index contributed by atoms with van der Waals surface area (Å²) in [5.41, 5.74) is 2.27. The van der Waals surface area contributed by atoms with E-state index in [4.69, 9.17) is 18.9 Å². The van der Waals surface area contributed by atoms with Crippen molar-refractivity contribution in [2.45, 2.75) is 87.4 Å². The van der Waals surface area contributed by atoms with Gasteiger partial charge >= 0.3 is 12.1 Å². The van der Waals surface area contributed by atoms with Gasteiger partial charge in [0.15, 0.2) is 0 Å². The summed E-state index contributed by atoms with van der Waals surface area (Å²) in [4.78, 5) is 67.8. The van der Waals surface area contributed by atoms with Crippen LogP contribution in [0.1, 0.15) is 104 Å². The molecule has 1 aliphatic carbocycles. The van der Waals surface area contributed by atoms with Crippen LogP contribution >= 0.6 is 0 Å². The normalized spacial score (nSPS) is 25.1. The summed E-state index contributed by atoms with van der Waals surface area (Å²) in [6.07, 6.45) is 8.75. The molecule has 342 valence electrons. The Morgan fingerprint density at radius 1 is 0.788 bits per heavy atom. The lowest BCUT2D eigenvalue weighted by molar-refractivity contribution is -0.179. The second-order valence-corrected chi connectivity index (χ2v) is 17.7. The third-order valence-electron chi connectivity index (χ3n) is 13.8. The summed E-state index contributed by atoms with van der Waals surface area (Å²) in [5.74, 6) is 3.95. The Hall–Kier alpha value is -6.26. The van der Waals surface area contributed by atoms with E-state index in [1.165, 1.54) is 7.11 Å². The van der Waals surface area contributed by atoms with Crippen LogP contribution < -0.4 is 9.64 Å². The Labute approximate surface area is 386 Å². The van der Waals surface area contributed by atoms with Gasteiger partial charge in [0.2, 0.25) is 11.8 Å². The Bertz CT molecular complexity index is 2510. The standard InChI is InChI=1S/C54H57N3O9/c1-63-34-35-65-53(62)56-43-29-28-38(27-26-37-18-8-5-9-19-37)36-42(43)54(52(56)61)45(50(59)55-30-16-3-2-4-17-31-55)47-51(60)66-48(40-22-12-7-13-23-40)46(39-20-10-6-11-21-39)57(47)49(54)41-24-14-15-25-44(41)64-33-32-58/h6-7,10-15,18,20-25,28-29,36,45-49,58H,2-5,8-9,16-17,19,30-35H2,1H3/t45-,46-,47-,48+,49+,54-/m0/s1. The second-order valence-electron chi connectivity index (χ2n) is 17.7. The summed E-state index contributed by atoms with van der Waals surface area (Å²) in [5, 5.41) is 10.1. The van der Waals surface area contributed by atoms with E-state index in [1.54, 1.807) is 18.2 Å². The molecular formula is C54H57N3O9. The van der Waals surface area contributed by atoms with E-state index in [9.17, 15) is 9.90 Å². The fraction of sp³-hybridized carbons (Fsp3) is 0.407. The molecule has 0 radical (unpaired) electrons. The molecule has 4 heterocycles. The number of carbonyl (C=O) groups is 4. The predicted octanol–water partition coefficient (Wildman–Crippen LogP) is 8.15. The first kappa shape index (κ1) is 44.9. The Morgan fingerprint density at radius 2 is 1.50 bits per heavy atom.